The monoisotopic (exact) mass is 337 g/mol. The van der Waals surface area contributed by atoms with Gasteiger partial charge in [0, 0.05) is 32.8 Å². The number of ether oxygens (including phenoxy) is 2. The molecule has 0 aliphatic carbocycles. The second kappa shape index (κ2) is 8.43. The first-order chi connectivity index (χ1) is 11.8. The van der Waals surface area contributed by atoms with Crippen molar-refractivity contribution < 1.29 is 14.3 Å². The van der Waals surface area contributed by atoms with Crippen LogP contribution in [0.25, 0.3) is 0 Å². The average Bonchev–Trinajstić information content (AvgIpc) is 3.34. The zero-order valence-electron chi connectivity index (χ0n) is 14.3. The molecule has 1 N–H and O–H groups in total. The molecule has 0 radical (unpaired) electrons. The zero-order valence-corrected chi connectivity index (χ0v) is 14.3. The summed E-state index contributed by atoms with van der Waals surface area (Å²) in [5.74, 6) is 0.764. The number of urea groups is 1. The second-order valence-corrected chi connectivity index (χ2v) is 6.37. The Bertz CT molecular complexity index is 506. The Hall–Kier alpha value is -1.67. The van der Waals surface area contributed by atoms with E-state index in [-0.39, 0.29) is 18.2 Å². The van der Waals surface area contributed by atoms with Crippen LogP contribution < -0.4 is 5.32 Å². The SMILES string of the molecule is CCn1cnnc1CNC(=O)N(C[C@H]1CCCO1)C[C@H]1CCCO1. The Morgan fingerprint density at radius 3 is 2.50 bits per heavy atom. The molecule has 1 aromatic rings. The van der Waals surface area contributed by atoms with Crippen molar-refractivity contribution in [2.24, 2.45) is 0 Å². The van der Waals surface area contributed by atoms with E-state index in [4.69, 9.17) is 9.47 Å². The van der Waals surface area contributed by atoms with Crippen LogP contribution in [0.4, 0.5) is 4.79 Å². The minimum atomic E-state index is -0.0911. The number of carbonyl (C=O) groups excluding carboxylic acids is 1. The molecule has 8 heteroatoms. The van der Waals surface area contributed by atoms with Crippen molar-refractivity contribution >= 4 is 6.03 Å². The third kappa shape index (κ3) is 4.45. The maximum absolute atomic E-state index is 12.7. The topological polar surface area (TPSA) is 81.5 Å². The van der Waals surface area contributed by atoms with Gasteiger partial charge in [-0.25, -0.2) is 4.79 Å². The van der Waals surface area contributed by atoms with E-state index in [2.05, 4.69) is 15.5 Å². The van der Waals surface area contributed by atoms with E-state index in [0.29, 0.717) is 19.6 Å². The maximum Gasteiger partial charge on any atom is 0.317 e. The van der Waals surface area contributed by atoms with Crippen molar-refractivity contribution in [3.05, 3.63) is 12.2 Å². The van der Waals surface area contributed by atoms with Crippen molar-refractivity contribution in [2.75, 3.05) is 26.3 Å². The number of nitrogens with zero attached hydrogens (tertiary/aromatic N) is 4. The van der Waals surface area contributed by atoms with Crippen molar-refractivity contribution in [2.45, 2.75) is 57.9 Å². The quantitative estimate of drug-likeness (QED) is 0.808. The highest BCUT2D eigenvalue weighted by Crippen LogP contribution is 2.17. The summed E-state index contributed by atoms with van der Waals surface area (Å²) in [7, 11) is 0. The van der Waals surface area contributed by atoms with Crippen LogP contribution >= 0.6 is 0 Å². The molecule has 3 heterocycles. The molecule has 2 fully saturated rings. The molecule has 2 aliphatic heterocycles. The van der Waals surface area contributed by atoms with Crippen molar-refractivity contribution in [3.8, 4) is 0 Å². The molecule has 24 heavy (non-hydrogen) atoms. The van der Waals surface area contributed by atoms with Crippen LogP contribution in [0.2, 0.25) is 0 Å². The number of aryl methyl sites for hydroxylation is 1. The van der Waals surface area contributed by atoms with E-state index in [1.807, 2.05) is 16.4 Å². The standard InChI is InChI=1S/C16H27N5O3/c1-2-20-12-18-19-15(20)9-17-16(22)21(10-13-5-3-7-23-13)11-14-6-4-8-24-14/h12-14H,2-11H2,1H3,(H,17,22)/t13-,14-/m1/s1. The largest absolute Gasteiger partial charge is 0.376 e. The van der Waals surface area contributed by atoms with E-state index >= 15 is 0 Å². The molecule has 3 rings (SSSR count). The zero-order chi connectivity index (χ0) is 16.8. The minimum Gasteiger partial charge on any atom is -0.376 e. The van der Waals surface area contributed by atoms with E-state index in [1.165, 1.54) is 0 Å². The molecule has 2 saturated heterocycles. The number of amides is 2. The molecule has 0 aromatic carbocycles. The smallest absolute Gasteiger partial charge is 0.317 e. The van der Waals surface area contributed by atoms with E-state index in [9.17, 15) is 4.79 Å². The summed E-state index contributed by atoms with van der Waals surface area (Å²) < 4.78 is 13.3. The summed E-state index contributed by atoms with van der Waals surface area (Å²) in [6.07, 6.45) is 6.11. The van der Waals surface area contributed by atoms with Crippen LogP contribution in [-0.2, 0) is 22.6 Å². The van der Waals surface area contributed by atoms with Gasteiger partial charge in [-0.2, -0.15) is 0 Å². The molecule has 8 nitrogen and oxygen atoms in total. The highest BCUT2D eigenvalue weighted by atomic mass is 16.5. The fourth-order valence-corrected chi connectivity index (χ4v) is 3.26. The normalized spacial score (nSPS) is 23.5. The van der Waals surface area contributed by atoms with Crippen molar-refractivity contribution in [3.63, 3.8) is 0 Å². The summed E-state index contributed by atoms with van der Waals surface area (Å²) >= 11 is 0. The molecule has 2 amide bonds. The van der Waals surface area contributed by atoms with Gasteiger partial charge in [0.25, 0.3) is 0 Å². The van der Waals surface area contributed by atoms with E-state index < -0.39 is 0 Å². The summed E-state index contributed by atoms with van der Waals surface area (Å²) in [6, 6.07) is -0.0911. The Balaban J connectivity index is 1.56. The fraction of sp³-hybridized carbons (Fsp3) is 0.812. The highest BCUT2D eigenvalue weighted by molar-refractivity contribution is 5.74. The Kier molecular flexibility index (Phi) is 6.03. The molecule has 0 bridgehead atoms. The van der Waals surface area contributed by atoms with Crippen molar-refractivity contribution in [1.82, 2.24) is 25.0 Å². The van der Waals surface area contributed by atoms with Gasteiger partial charge in [-0.15, -0.1) is 10.2 Å². The molecule has 2 aliphatic rings. The lowest BCUT2D eigenvalue weighted by Gasteiger charge is -2.27. The number of hydrogen-bond donors (Lipinski definition) is 1. The number of hydrogen-bond acceptors (Lipinski definition) is 5. The van der Waals surface area contributed by atoms with Crippen LogP contribution in [0, 0.1) is 0 Å². The number of aromatic nitrogens is 3. The van der Waals surface area contributed by atoms with Crippen LogP contribution in [0.1, 0.15) is 38.4 Å². The van der Waals surface area contributed by atoms with Crippen LogP contribution in [-0.4, -0.2) is 64.2 Å². The average molecular weight is 337 g/mol. The van der Waals surface area contributed by atoms with Gasteiger partial charge in [0.1, 0.15) is 6.33 Å². The highest BCUT2D eigenvalue weighted by Gasteiger charge is 2.27. The molecule has 0 saturated carbocycles. The third-order valence-corrected chi connectivity index (χ3v) is 4.62. The number of carbonyl (C=O) groups is 1. The van der Waals surface area contributed by atoms with Gasteiger partial charge in [0.15, 0.2) is 5.82 Å². The van der Waals surface area contributed by atoms with Gasteiger partial charge in [-0.3, -0.25) is 0 Å². The van der Waals surface area contributed by atoms with Crippen LogP contribution in [0.15, 0.2) is 6.33 Å². The minimum absolute atomic E-state index is 0.0911. The van der Waals surface area contributed by atoms with Crippen LogP contribution in [0.3, 0.4) is 0 Å². The van der Waals surface area contributed by atoms with Crippen molar-refractivity contribution in [1.29, 1.82) is 0 Å². The van der Waals surface area contributed by atoms with E-state index in [1.54, 1.807) is 6.33 Å². The Morgan fingerprint density at radius 1 is 1.29 bits per heavy atom. The first kappa shape index (κ1) is 17.2. The van der Waals surface area contributed by atoms with Gasteiger partial charge in [-0.1, -0.05) is 0 Å². The molecular formula is C16H27N5O3. The molecule has 0 spiro atoms. The number of nitrogens with one attached hydrogen (secondary N) is 1. The van der Waals surface area contributed by atoms with Gasteiger partial charge in [0.05, 0.1) is 18.8 Å². The van der Waals surface area contributed by atoms with Gasteiger partial charge in [0.2, 0.25) is 0 Å². The predicted octanol–water partition coefficient (Wildman–Crippen LogP) is 1.17. The molecule has 1 aromatic heterocycles. The third-order valence-electron chi connectivity index (χ3n) is 4.62. The first-order valence-corrected chi connectivity index (χ1v) is 8.89. The van der Waals surface area contributed by atoms with E-state index in [0.717, 1.165) is 51.3 Å². The molecule has 134 valence electrons. The second-order valence-electron chi connectivity index (χ2n) is 6.37. The lowest BCUT2D eigenvalue weighted by Crippen LogP contribution is -2.47. The number of rotatable bonds is 7. The molecule has 2 atom stereocenters. The summed E-state index contributed by atoms with van der Waals surface area (Å²) in [4.78, 5) is 14.5. The lowest BCUT2D eigenvalue weighted by atomic mass is 10.2. The lowest BCUT2D eigenvalue weighted by molar-refractivity contribution is 0.0497. The molecule has 0 unspecified atom stereocenters. The summed E-state index contributed by atoms with van der Waals surface area (Å²) in [5, 5.41) is 10.9. The predicted molar refractivity (Wildman–Crippen MR) is 87.5 cm³/mol. The van der Waals surface area contributed by atoms with Gasteiger partial charge >= 0.3 is 6.03 Å². The fourth-order valence-electron chi connectivity index (χ4n) is 3.26. The van der Waals surface area contributed by atoms with Crippen LogP contribution in [0.5, 0.6) is 0 Å². The van der Waals surface area contributed by atoms with Gasteiger partial charge in [-0.05, 0) is 32.6 Å². The first-order valence-electron chi connectivity index (χ1n) is 8.89. The molecular weight excluding hydrogens is 310 g/mol. The summed E-state index contributed by atoms with van der Waals surface area (Å²) in [6.45, 7) is 6.00. The van der Waals surface area contributed by atoms with Gasteiger partial charge < -0.3 is 24.3 Å². The Morgan fingerprint density at radius 2 is 1.96 bits per heavy atom. The maximum atomic E-state index is 12.7. The Labute approximate surface area is 142 Å². The summed E-state index contributed by atoms with van der Waals surface area (Å²) in [5.41, 5.74) is 0.